The molecule has 0 atom stereocenters. The molecule has 0 bridgehead atoms. The highest BCUT2D eigenvalue weighted by molar-refractivity contribution is 14.1. The zero-order valence-electron chi connectivity index (χ0n) is 7.18. The lowest BCUT2D eigenvalue weighted by Crippen LogP contribution is -1.96. The molecule has 0 aromatic heterocycles. The van der Waals surface area contributed by atoms with Gasteiger partial charge in [-0.1, -0.05) is 18.5 Å². The third-order valence-corrected chi connectivity index (χ3v) is 3.34. The van der Waals surface area contributed by atoms with Crippen LogP contribution in [0.3, 0.4) is 0 Å². The molecule has 0 aliphatic carbocycles. The van der Waals surface area contributed by atoms with E-state index >= 15 is 0 Å². The molecule has 1 nitrogen and oxygen atoms in total. The van der Waals surface area contributed by atoms with Crippen molar-refractivity contribution in [2.75, 3.05) is 6.61 Å². The maximum Gasteiger partial charge on any atom is 0.133 e. The highest BCUT2D eigenvalue weighted by atomic mass is 127. The van der Waals surface area contributed by atoms with Gasteiger partial charge in [-0.25, -0.2) is 0 Å². The van der Waals surface area contributed by atoms with Crippen molar-refractivity contribution in [2.45, 2.75) is 18.2 Å². The first-order chi connectivity index (χ1) is 6.15. The number of rotatable bonds is 3. The van der Waals surface area contributed by atoms with Crippen LogP contribution in [0, 0.1) is 3.57 Å². The van der Waals surface area contributed by atoms with Crippen LogP contribution >= 0.6 is 46.8 Å². The first-order valence-electron chi connectivity index (χ1n) is 3.96. The van der Waals surface area contributed by atoms with Gasteiger partial charge in [-0.15, -0.1) is 12.6 Å². The Morgan fingerprint density at radius 2 is 2.23 bits per heavy atom. The average Bonchev–Trinajstić information content (AvgIpc) is 2.09. The summed E-state index contributed by atoms with van der Waals surface area (Å²) in [5.41, 5.74) is 0. The molecule has 0 spiro atoms. The zero-order valence-corrected chi connectivity index (χ0v) is 11.0. The number of hydrogen-bond donors (Lipinski definition) is 1. The van der Waals surface area contributed by atoms with Crippen LogP contribution in [0.25, 0.3) is 0 Å². The van der Waals surface area contributed by atoms with Gasteiger partial charge in [-0.05, 0) is 41.1 Å². The highest BCUT2D eigenvalue weighted by Gasteiger charge is 2.04. The minimum Gasteiger partial charge on any atom is -0.492 e. The average molecular weight is 329 g/mol. The molecule has 1 aromatic carbocycles. The van der Waals surface area contributed by atoms with Crippen molar-refractivity contribution in [1.82, 2.24) is 0 Å². The zero-order chi connectivity index (χ0) is 9.84. The van der Waals surface area contributed by atoms with Gasteiger partial charge >= 0.3 is 0 Å². The maximum atomic E-state index is 5.91. The summed E-state index contributed by atoms with van der Waals surface area (Å²) < 4.78 is 6.47. The molecular weight excluding hydrogens is 319 g/mol. The SMILES string of the molecule is CCCOc1cc(I)c(Cl)cc1S. The number of thiol groups is 1. The van der Waals surface area contributed by atoms with Crippen molar-refractivity contribution in [2.24, 2.45) is 0 Å². The van der Waals surface area contributed by atoms with E-state index in [1.165, 1.54) is 0 Å². The molecule has 0 amide bonds. The van der Waals surface area contributed by atoms with E-state index in [1.54, 1.807) is 6.07 Å². The monoisotopic (exact) mass is 328 g/mol. The van der Waals surface area contributed by atoms with Crippen molar-refractivity contribution >= 4 is 46.8 Å². The summed E-state index contributed by atoms with van der Waals surface area (Å²) in [6.45, 7) is 2.78. The summed E-state index contributed by atoms with van der Waals surface area (Å²) >= 11 is 12.4. The van der Waals surface area contributed by atoms with Crippen molar-refractivity contribution in [3.8, 4) is 5.75 Å². The summed E-state index contributed by atoms with van der Waals surface area (Å²) in [6, 6.07) is 3.71. The second-order valence-corrected chi connectivity index (χ2v) is 4.63. The fourth-order valence-corrected chi connectivity index (χ4v) is 1.78. The van der Waals surface area contributed by atoms with Crippen molar-refractivity contribution in [3.63, 3.8) is 0 Å². The van der Waals surface area contributed by atoms with E-state index in [-0.39, 0.29) is 0 Å². The van der Waals surface area contributed by atoms with E-state index in [0.29, 0.717) is 6.61 Å². The Morgan fingerprint density at radius 3 is 2.85 bits per heavy atom. The molecule has 0 aliphatic rings. The lowest BCUT2D eigenvalue weighted by Gasteiger charge is -2.08. The molecule has 13 heavy (non-hydrogen) atoms. The van der Waals surface area contributed by atoms with Gasteiger partial charge in [0.25, 0.3) is 0 Å². The number of ether oxygens (including phenoxy) is 1. The van der Waals surface area contributed by atoms with Crippen LogP contribution in [-0.2, 0) is 0 Å². The van der Waals surface area contributed by atoms with Crippen LogP contribution in [-0.4, -0.2) is 6.61 Å². The van der Waals surface area contributed by atoms with E-state index in [1.807, 2.05) is 6.07 Å². The molecule has 1 aromatic rings. The molecule has 0 aliphatic heterocycles. The van der Waals surface area contributed by atoms with Crippen molar-refractivity contribution in [3.05, 3.63) is 20.7 Å². The molecule has 0 heterocycles. The molecule has 0 unspecified atom stereocenters. The quantitative estimate of drug-likeness (QED) is 0.651. The molecule has 0 fully saturated rings. The van der Waals surface area contributed by atoms with Crippen molar-refractivity contribution < 1.29 is 4.74 Å². The second-order valence-electron chi connectivity index (χ2n) is 2.58. The van der Waals surface area contributed by atoms with Gasteiger partial charge in [0.1, 0.15) is 5.75 Å². The summed E-state index contributed by atoms with van der Waals surface area (Å²) in [6.07, 6.45) is 0.992. The molecule has 72 valence electrons. The molecule has 0 saturated carbocycles. The number of benzene rings is 1. The van der Waals surface area contributed by atoms with Crippen molar-refractivity contribution in [1.29, 1.82) is 0 Å². The Kier molecular flexibility index (Phi) is 4.69. The highest BCUT2D eigenvalue weighted by Crippen LogP contribution is 2.30. The molecule has 0 saturated heterocycles. The Hall–Kier alpha value is 0.390. The van der Waals surface area contributed by atoms with E-state index in [2.05, 4.69) is 42.1 Å². The largest absolute Gasteiger partial charge is 0.492 e. The van der Waals surface area contributed by atoms with Crippen LogP contribution in [0.4, 0.5) is 0 Å². The molecule has 0 radical (unpaired) electrons. The van der Waals surface area contributed by atoms with E-state index in [9.17, 15) is 0 Å². The van der Waals surface area contributed by atoms with E-state index in [4.69, 9.17) is 16.3 Å². The van der Waals surface area contributed by atoms with E-state index < -0.39 is 0 Å². The fourth-order valence-electron chi connectivity index (χ4n) is 0.846. The van der Waals surface area contributed by atoms with Crippen LogP contribution in [0.1, 0.15) is 13.3 Å². The smallest absolute Gasteiger partial charge is 0.133 e. The first-order valence-corrected chi connectivity index (χ1v) is 5.86. The Morgan fingerprint density at radius 1 is 1.54 bits per heavy atom. The fraction of sp³-hybridized carbons (Fsp3) is 0.333. The molecule has 4 heteroatoms. The molecule has 1 rings (SSSR count). The Labute approximate surface area is 102 Å². The van der Waals surface area contributed by atoms with Crippen LogP contribution < -0.4 is 4.74 Å². The maximum absolute atomic E-state index is 5.91. The predicted molar refractivity (Wildman–Crippen MR) is 67.2 cm³/mol. The lowest BCUT2D eigenvalue weighted by molar-refractivity contribution is 0.310. The van der Waals surface area contributed by atoms with Gasteiger partial charge in [0, 0.05) is 8.47 Å². The second kappa shape index (κ2) is 5.32. The van der Waals surface area contributed by atoms with Crippen LogP contribution in [0.5, 0.6) is 5.75 Å². The van der Waals surface area contributed by atoms with E-state index in [0.717, 1.165) is 25.7 Å². The third kappa shape index (κ3) is 3.22. The summed E-state index contributed by atoms with van der Waals surface area (Å²) in [7, 11) is 0. The van der Waals surface area contributed by atoms with Crippen LogP contribution in [0.2, 0.25) is 5.02 Å². The standard InChI is InChI=1S/C9H10ClIOS/c1-2-3-12-8-5-7(11)6(10)4-9(8)13/h4-5,13H,2-3H2,1H3. The van der Waals surface area contributed by atoms with Gasteiger partial charge in [-0.2, -0.15) is 0 Å². The van der Waals surface area contributed by atoms with Crippen LogP contribution in [0.15, 0.2) is 17.0 Å². The first kappa shape index (κ1) is 11.5. The lowest BCUT2D eigenvalue weighted by atomic mass is 10.3. The Bertz CT molecular complexity index is 304. The van der Waals surface area contributed by atoms with Gasteiger partial charge in [0.2, 0.25) is 0 Å². The molecular formula is C9H10ClIOS. The molecule has 0 N–H and O–H groups in total. The normalized spacial score (nSPS) is 10.2. The summed E-state index contributed by atoms with van der Waals surface area (Å²) in [5, 5.41) is 0.717. The topological polar surface area (TPSA) is 9.23 Å². The van der Waals surface area contributed by atoms with Gasteiger partial charge in [-0.3, -0.25) is 0 Å². The number of halogens is 2. The minimum absolute atomic E-state index is 0.714. The minimum atomic E-state index is 0.714. The predicted octanol–water partition coefficient (Wildman–Crippen LogP) is 4.02. The summed E-state index contributed by atoms with van der Waals surface area (Å²) in [4.78, 5) is 0.791. The summed E-state index contributed by atoms with van der Waals surface area (Å²) in [5.74, 6) is 0.805. The number of hydrogen-bond acceptors (Lipinski definition) is 2. The Balaban J connectivity index is 2.88. The van der Waals surface area contributed by atoms with Gasteiger partial charge < -0.3 is 4.74 Å². The van der Waals surface area contributed by atoms with Gasteiger partial charge in [0.05, 0.1) is 11.6 Å². The third-order valence-electron chi connectivity index (χ3n) is 1.46. The van der Waals surface area contributed by atoms with Gasteiger partial charge in [0.15, 0.2) is 0 Å².